The number of benzene rings is 1. The number of nitrogens with two attached hydrogens (primary N) is 1. The van der Waals surface area contributed by atoms with Gasteiger partial charge in [-0.05, 0) is 48.6 Å². The number of rotatable bonds is 4. The van der Waals surface area contributed by atoms with Gasteiger partial charge >= 0.3 is 6.18 Å². The van der Waals surface area contributed by atoms with Crippen molar-refractivity contribution in [2.45, 2.75) is 49.9 Å². The molecule has 0 aliphatic carbocycles. The lowest BCUT2D eigenvalue weighted by Gasteiger charge is -2.34. The molecule has 3 aromatic heterocycles. The van der Waals surface area contributed by atoms with E-state index < -0.39 is 17.5 Å². The summed E-state index contributed by atoms with van der Waals surface area (Å²) in [7, 11) is 0. The van der Waals surface area contributed by atoms with Crippen LogP contribution in [0.4, 0.5) is 19.0 Å². The SMILES string of the molecule is C=C1CC(=O)N2C[C@H](c3nc(-c4ccc([C@](C)(O)c5ccnc(C(F)(F)F)c5)cc4)c4c(N)nccn34)CC[C@@H]12. The molecule has 11 heteroatoms. The Morgan fingerprint density at radius 2 is 1.82 bits per heavy atom. The van der Waals surface area contributed by atoms with Crippen molar-refractivity contribution in [2.24, 2.45) is 0 Å². The number of carbonyl (C=O) groups is 1. The lowest BCUT2D eigenvalue weighted by molar-refractivity contribution is -0.141. The van der Waals surface area contributed by atoms with Gasteiger partial charge in [-0.2, -0.15) is 13.2 Å². The van der Waals surface area contributed by atoms with Gasteiger partial charge in [-0.1, -0.05) is 30.8 Å². The lowest BCUT2D eigenvalue weighted by atomic mass is 9.87. The molecule has 0 saturated carbocycles. The molecule has 3 N–H and O–H groups in total. The first kappa shape index (κ1) is 26.0. The van der Waals surface area contributed by atoms with E-state index in [0.29, 0.717) is 41.1 Å². The molecule has 6 rings (SSSR count). The summed E-state index contributed by atoms with van der Waals surface area (Å²) >= 11 is 0. The number of anilines is 1. The van der Waals surface area contributed by atoms with E-state index in [-0.39, 0.29) is 23.4 Å². The summed E-state index contributed by atoms with van der Waals surface area (Å²) in [6, 6.07) is 9.09. The number of aliphatic hydroxyl groups is 1. The average Bonchev–Trinajstić information content (AvgIpc) is 3.46. The van der Waals surface area contributed by atoms with E-state index >= 15 is 0 Å². The van der Waals surface area contributed by atoms with Gasteiger partial charge in [0.1, 0.15) is 34.1 Å². The van der Waals surface area contributed by atoms with E-state index in [4.69, 9.17) is 10.7 Å². The molecule has 2 aliphatic rings. The summed E-state index contributed by atoms with van der Waals surface area (Å²) in [6.07, 6.45) is 1.85. The standard InChI is InChI=1S/C29H27F3N6O2/c1-16-13-23(39)38-15-18(5-8-21(16)38)27-36-24(25-26(33)35-11-12-37(25)27)17-3-6-19(7-4-17)28(2,40)20-9-10-34-22(14-20)29(30,31)32/h3-4,6-7,9-12,14,18,21,40H,1,5,8,13,15H2,2H3,(H2,33,35)/t18-,21+,28+/m1/s1. The van der Waals surface area contributed by atoms with Crippen molar-refractivity contribution < 1.29 is 23.1 Å². The van der Waals surface area contributed by atoms with Crippen LogP contribution in [0.1, 0.15) is 54.7 Å². The molecule has 3 atom stereocenters. The number of nitrogen functional groups attached to an aromatic ring is 1. The molecule has 5 heterocycles. The van der Waals surface area contributed by atoms with Crippen LogP contribution in [-0.4, -0.2) is 47.9 Å². The van der Waals surface area contributed by atoms with Gasteiger partial charge in [0.15, 0.2) is 0 Å². The minimum Gasteiger partial charge on any atom is -0.382 e. The molecule has 4 aromatic rings. The Morgan fingerprint density at radius 3 is 2.55 bits per heavy atom. The monoisotopic (exact) mass is 548 g/mol. The first-order valence-corrected chi connectivity index (χ1v) is 12.9. The maximum Gasteiger partial charge on any atom is 0.433 e. The molecule has 1 aromatic carbocycles. The van der Waals surface area contributed by atoms with Crippen molar-refractivity contribution in [3.63, 3.8) is 0 Å². The molecule has 206 valence electrons. The van der Waals surface area contributed by atoms with Gasteiger partial charge in [-0.3, -0.25) is 14.2 Å². The second-order valence-corrected chi connectivity index (χ2v) is 10.6. The van der Waals surface area contributed by atoms with E-state index in [1.165, 1.54) is 13.0 Å². The molecule has 1 amide bonds. The Morgan fingerprint density at radius 1 is 1.07 bits per heavy atom. The number of alkyl halides is 3. The zero-order valence-corrected chi connectivity index (χ0v) is 21.7. The van der Waals surface area contributed by atoms with Crippen molar-refractivity contribution in [1.82, 2.24) is 24.3 Å². The number of nitrogens with zero attached hydrogens (tertiary/aromatic N) is 5. The third-order valence-corrected chi connectivity index (χ3v) is 8.06. The molecule has 0 spiro atoms. The molecule has 8 nitrogen and oxygen atoms in total. The van der Waals surface area contributed by atoms with Gasteiger partial charge in [0.05, 0.1) is 6.04 Å². The Kier molecular flexibility index (Phi) is 5.95. The summed E-state index contributed by atoms with van der Waals surface area (Å²) in [5, 5.41) is 11.2. The summed E-state index contributed by atoms with van der Waals surface area (Å²) in [4.78, 5) is 27.1. The van der Waals surface area contributed by atoms with Crippen molar-refractivity contribution in [2.75, 3.05) is 12.3 Å². The number of piperidine rings is 1. The quantitative estimate of drug-likeness (QED) is 0.359. The van der Waals surface area contributed by atoms with Crippen LogP contribution in [0, 0.1) is 0 Å². The highest BCUT2D eigenvalue weighted by Crippen LogP contribution is 2.40. The topological polar surface area (TPSA) is 110 Å². The zero-order chi connectivity index (χ0) is 28.4. The predicted octanol–water partition coefficient (Wildman–Crippen LogP) is 4.68. The highest BCUT2D eigenvalue weighted by Gasteiger charge is 2.40. The van der Waals surface area contributed by atoms with Crippen molar-refractivity contribution >= 4 is 17.2 Å². The van der Waals surface area contributed by atoms with E-state index in [1.807, 2.05) is 9.30 Å². The predicted molar refractivity (Wildman–Crippen MR) is 142 cm³/mol. The zero-order valence-electron chi connectivity index (χ0n) is 21.7. The van der Waals surface area contributed by atoms with E-state index in [1.54, 1.807) is 36.7 Å². The van der Waals surface area contributed by atoms with Crippen LogP contribution in [-0.2, 0) is 16.6 Å². The first-order chi connectivity index (χ1) is 18.9. The largest absolute Gasteiger partial charge is 0.433 e. The fourth-order valence-corrected chi connectivity index (χ4v) is 5.88. The Hall–Kier alpha value is -4.25. The summed E-state index contributed by atoms with van der Waals surface area (Å²) in [6.45, 7) is 6.05. The molecular weight excluding hydrogens is 521 g/mol. The minimum absolute atomic E-state index is 0.0105. The molecule has 0 unspecified atom stereocenters. The molecule has 0 radical (unpaired) electrons. The second kappa shape index (κ2) is 9.16. The fourth-order valence-electron chi connectivity index (χ4n) is 5.88. The molecule has 40 heavy (non-hydrogen) atoms. The van der Waals surface area contributed by atoms with Crippen LogP contribution in [0.3, 0.4) is 0 Å². The number of pyridine rings is 1. The van der Waals surface area contributed by atoms with Crippen molar-refractivity contribution in [3.05, 3.63) is 89.8 Å². The fraction of sp³-hybridized carbons (Fsp3) is 0.310. The summed E-state index contributed by atoms with van der Waals surface area (Å²) < 4.78 is 41.5. The van der Waals surface area contributed by atoms with Gasteiger partial charge in [-0.25, -0.2) is 9.97 Å². The van der Waals surface area contributed by atoms with Crippen LogP contribution in [0.25, 0.3) is 16.8 Å². The van der Waals surface area contributed by atoms with E-state index in [9.17, 15) is 23.1 Å². The molecular formula is C29H27F3N6O2. The number of halogens is 3. The number of amides is 1. The Balaban J connectivity index is 1.36. The van der Waals surface area contributed by atoms with Gasteiger partial charge in [0, 0.05) is 43.0 Å². The van der Waals surface area contributed by atoms with E-state index in [0.717, 1.165) is 36.5 Å². The normalized spacial score (nSPS) is 21.1. The van der Waals surface area contributed by atoms with Crippen LogP contribution in [0.2, 0.25) is 0 Å². The molecule has 2 fully saturated rings. The Bertz CT molecular complexity index is 1640. The maximum atomic E-state index is 13.2. The van der Waals surface area contributed by atoms with Crippen LogP contribution in [0.15, 0.2) is 67.1 Å². The van der Waals surface area contributed by atoms with Crippen LogP contribution >= 0.6 is 0 Å². The second-order valence-electron chi connectivity index (χ2n) is 10.6. The van der Waals surface area contributed by atoms with E-state index in [2.05, 4.69) is 16.5 Å². The Labute approximate surface area is 228 Å². The van der Waals surface area contributed by atoms with Gasteiger partial charge in [0.2, 0.25) is 5.91 Å². The van der Waals surface area contributed by atoms with Crippen LogP contribution in [0.5, 0.6) is 0 Å². The number of aromatic nitrogens is 4. The van der Waals surface area contributed by atoms with Crippen molar-refractivity contribution in [3.8, 4) is 11.3 Å². The first-order valence-electron chi connectivity index (χ1n) is 12.9. The minimum atomic E-state index is -4.63. The molecule has 0 bridgehead atoms. The maximum absolute atomic E-state index is 13.2. The smallest absolute Gasteiger partial charge is 0.382 e. The third kappa shape index (κ3) is 4.21. The van der Waals surface area contributed by atoms with Crippen molar-refractivity contribution in [1.29, 1.82) is 0 Å². The summed E-state index contributed by atoms with van der Waals surface area (Å²) in [5.41, 5.74) is 6.88. The number of carbonyl (C=O) groups excluding carboxylic acids is 1. The molecule has 2 aliphatic heterocycles. The van der Waals surface area contributed by atoms with Gasteiger partial charge in [-0.15, -0.1) is 0 Å². The number of hydrogen-bond acceptors (Lipinski definition) is 6. The highest BCUT2D eigenvalue weighted by atomic mass is 19.4. The average molecular weight is 549 g/mol. The number of fused-ring (bicyclic) bond motifs is 2. The number of hydrogen-bond donors (Lipinski definition) is 2. The van der Waals surface area contributed by atoms with Gasteiger partial charge < -0.3 is 15.7 Å². The lowest BCUT2D eigenvalue weighted by Crippen LogP contribution is -2.41. The summed E-state index contributed by atoms with van der Waals surface area (Å²) in [5.74, 6) is 1.14. The number of imidazole rings is 1. The third-order valence-electron chi connectivity index (χ3n) is 8.06. The van der Waals surface area contributed by atoms with Crippen LogP contribution < -0.4 is 5.73 Å². The highest BCUT2D eigenvalue weighted by molar-refractivity contribution is 5.86. The molecule has 2 saturated heterocycles. The van der Waals surface area contributed by atoms with Gasteiger partial charge in [0.25, 0.3) is 0 Å².